The van der Waals surface area contributed by atoms with E-state index in [4.69, 9.17) is 10.5 Å². The molecule has 2 aromatic heterocycles. The van der Waals surface area contributed by atoms with Gasteiger partial charge in [0, 0.05) is 12.4 Å². The van der Waals surface area contributed by atoms with Crippen LogP contribution in [0.4, 0.5) is 0 Å². The quantitative estimate of drug-likeness (QED) is 0.780. The SMILES string of the molecule is Cc1cn2cccc(OCCCCN)c2n1. The summed E-state index contributed by atoms with van der Waals surface area (Å²) in [5.74, 6) is 0.840. The maximum atomic E-state index is 5.70. The number of hydrogen-bond donors (Lipinski definition) is 1. The van der Waals surface area contributed by atoms with E-state index in [0.29, 0.717) is 6.61 Å². The van der Waals surface area contributed by atoms with Crippen molar-refractivity contribution in [1.82, 2.24) is 9.38 Å². The van der Waals surface area contributed by atoms with Crippen LogP contribution < -0.4 is 10.5 Å². The Morgan fingerprint density at radius 2 is 2.31 bits per heavy atom. The van der Waals surface area contributed by atoms with Crippen molar-refractivity contribution in [2.75, 3.05) is 13.2 Å². The maximum Gasteiger partial charge on any atom is 0.179 e. The smallest absolute Gasteiger partial charge is 0.179 e. The van der Waals surface area contributed by atoms with Crippen molar-refractivity contribution in [2.24, 2.45) is 5.73 Å². The molecular weight excluding hydrogens is 202 g/mol. The third kappa shape index (κ3) is 2.33. The molecule has 0 radical (unpaired) electrons. The van der Waals surface area contributed by atoms with Crippen LogP contribution in [0.3, 0.4) is 0 Å². The molecule has 0 saturated heterocycles. The topological polar surface area (TPSA) is 52.5 Å². The molecule has 0 unspecified atom stereocenters. The van der Waals surface area contributed by atoms with Crippen molar-refractivity contribution in [3.05, 3.63) is 30.2 Å². The summed E-state index contributed by atoms with van der Waals surface area (Å²) in [6, 6.07) is 3.91. The van der Waals surface area contributed by atoms with E-state index in [2.05, 4.69) is 4.98 Å². The number of ether oxygens (including phenoxy) is 1. The van der Waals surface area contributed by atoms with Gasteiger partial charge in [-0.15, -0.1) is 0 Å². The van der Waals surface area contributed by atoms with E-state index in [9.17, 15) is 0 Å². The van der Waals surface area contributed by atoms with Crippen molar-refractivity contribution in [3.8, 4) is 5.75 Å². The normalized spacial score (nSPS) is 10.9. The summed E-state index contributed by atoms with van der Waals surface area (Å²) in [7, 11) is 0. The highest BCUT2D eigenvalue weighted by atomic mass is 16.5. The average molecular weight is 219 g/mol. The first-order valence-electron chi connectivity index (χ1n) is 5.58. The molecule has 16 heavy (non-hydrogen) atoms. The molecule has 0 fully saturated rings. The molecule has 0 saturated carbocycles. The molecule has 2 rings (SSSR count). The molecule has 4 heteroatoms. The summed E-state index contributed by atoms with van der Waals surface area (Å²) in [6.07, 6.45) is 5.94. The Labute approximate surface area is 95.0 Å². The van der Waals surface area contributed by atoms with E-state index in [1.54, 1.807) is 0 Å². The van der Waals surface area contributed by atoms with Crippen molar-refractivity contribution < 1.29 is 4.74 Å². The number of unbranched alkanes of at least 4 members (excludes halogenated alkanes) is 1. The highest BCUT2D eigenvalue weighted by Crippen LogP contribution is 2.18. The summed E-state index contributed by atoms with van der Waals surface area (Å²) in [6.45, 7) is 3.39. The Morgan fingerprint density at radius 1 is 1.44 bits per heavy atom. The number of rotatable bonds is 5. The van der Waals surface area contributed by atoms with Gasteiger partial charge < -0.3 is 14.9 Å². The Bertz CT molecular complexity index is 464. The highest BCUT2D eigenvalue weighted by molar-refractivity contribution is 5.54. The maximum absolute atomic E-state index is 5.70. The lowest BCUT2D eigenvalue weighted by Gasteiger charge is -2.06. The van der Waals surface area contributed by atoms with Crippen LogP contribution in [0.5, 0.6) is 5.75 Å². The minimum atomic E-state index is 0.697. The monoisotopic (exact) mass is 219 g/mol. The lowest BCUT2D eigenvalue weighted by Crippen LogP contribution is -2.04. The van der Waals surface area contributed by atoms with E-state index in [1.165, 1.54) is 0 Å². The van der Waals surface area contributed by atoms with Crippen molar-refractivity contribution in [3.63, 3.8) is 0 Å². The van der Waals surface area contributed by atoms with Gasteiger partial charge in [-0.1, -0.05) is 0 Å². The number of imidazole rings is 1. The van der Waals surface area contributed by atoms with Gasteiger partial charge >= 0.3 is 0 Å². The van der Waals surface area contributed by atoms with Crippen molar-refractivity contribution >= 4 is 5.65 Å². The predicted octanol–water partition coefficient (Wildman–Crippen LogP) is 1.76. The molecule has 0 aliphatic rings. The zero-order valence-electron chi connectivity index (χ0n) is 9.52. The number of nitrogens with two attached hydrogens (primary N) is 1. The van der Waals surface area contributed by atoms with E-state index >= 15 is 0 Å². The molecule has 0 amide bonds. The molecule has 0 spiro atoms. The molecule has 2 heterocycles. The van der Waals surface area contributed by atoms with Gasteiger partial charge in [-0.25, -0.2) is 4.98 Å². The van der Waals surface area contributed by atoms with Gasteiger partial charge in [-0.3, -0.25) is 0 Å². The van der Waals surface area contributed by atoms with Crippen LogP contribution in [0.25, 0.3) is 5.65 Å². The van der Waals surface area contributed by atoms with Crippen molar-refractivity contribution in [2.45, 2.75) is 19.8 Å². The van der Waals surface area contributed by atoms with Gasteiger partial charge in [0.25, 0.3) is 0 Å². The lowest BCUT2D eigenvalue weighted by molar-refractivity contribution is 0.309. The minimum absolute atomic E-state index is 0.697. The third-order valence-corrected chi connectivity index (χ3v) is 2.42. The number of aryl methyl sites for hydroxylation is 1. The molecule has 86 valence electrons. The molecule has 0 aliphatic heterocycles. The lowest BCUT2D eigenvalue weighted by atomic mass is 10.3. The average Bonchev–Trinajstić information content (AvgIpc) is 2.65. The van der Waals surface area contributed by atoms with Gasteiger partial charge in [0.2, 0.25) is 0 Å². The fourth-order valence-electron chi connectivity index (χ4n) is 1.65. The van der Waals surface area contributed by atoms with Crippen molar-refractivity contribution in [1.29, 1.82) is 0 Å². The van der Waals surface area contributed by atoms with Gasteiger partial charge in [0.05, 0.1) is 12.3 Å². The number of pyridine rings is 1. The van der Waals surface area contributed by atoms with Crippen LogP contribution in [0.15, 0.2) is 24.5 Å². The predicted molar refractivity (Wildman–Crippen MR) is 63.7 cm³/mol. The van der Waals surface area contributed by atoms with E-state index < -0.39 is 0 Å². The van der Waals surface area contributed by atoms with Gasteiger partial charge in [0.1, 0.15) is 0 Å². The molecule has 4 nitrogen and oxygen atoms in total. The Kier molecular flexibility index (Phi) is 3.41. The summed E-state index contributed by atoms with van der Waals surface area (Å²) in [5.41, 5.74) is 7.31. The second-order valence-corrected chi connectivity index (χ2v) is 3.83. The molecule has 0 aromatic carbocycles. The zero-order valence-corrected chi connectivity index (χ0v) is 9.52. The highest BCUT2D eigenvalue weighted by Gasteiger charge is 2.04. The Morgan fingerprint density at radius 3 is 3.12 bits per heavy atom. The van der Waals surface area contributed by atoms with Crippen LogP contribution >= 0.6 is 0 Å². The fourth-order valence-corrected chi connectivity index (χ4v) is 1.65. The van der Waals surface area contributed by atoms with Crippen LogP contribution in [0, 0.1) is 6.92 Å². The largest absolute Gasteiger partial charge is 0.490 e. The first kappa shape index (κ1) is 11.0. The van der Waals surface area contributed by atoms with Crippen LogP contribution in [-0.2, 0) is 0 Å². The fraction of sp³-hybridized carbons (Fsp3) is 0.417. The second-order valence-electron chi connectivity index (χ2n) is 3.83. The Balaban J connectivity index is 2.11. The first-order chi connectivity index (χ1) is 7.81. The molecule has 0 bridgehead atoms. The Hall–Kier alpha value is -1.55. The number of hydrogen-bond acceptors (Lipinski definition) is 3. The standard InChI is InChI=1S/C12H17N3O/c1-10-9-15-7-4-5-11(12(15)14-10)16-8-3-2-6-13/h4-5,7,9H,2-3,6,8,13H2,1H3. The summed E-state index contributed by atoms with van der Waals surface area (Å²) < 4.78 is 7.68. The summed E-state index contributed by atoms with van der Waals surface area (Å²) in [4.78, 5) is 4.43. The van der Waals surface area contributed by atoms with Gasteiger partial charge in [0.15, 0.2) is 11.4 Å². The number of aromatic nitrogens is 2. The van der Waals surface area contributed by atoms with Crippen LogP contribution in [-0.4, -0.2) is 22.5 Å². The number of fused-ring (bicyclic) bond motifs is 1. The molecular formula is C12H17N3O. The van der Waals surface area contributed by atoms with Gasteiger partial charge in [-0.2, -0.15) is 0 Å². The molecule has 0 aliphatic carbocycles. The van der Waals surface area contributed by atoms with Crippen LogP contribution in [0.1, 0.15) is 18.5 Å². The third-order valence-electron chi connectivity index (χ3n) is 2.42. The van der Waals surface area contributed by atoms with E-state index in [1.807, 2.05) is 35.9 Å². The summed E-state index contributed by atoms with van der Waals surface area (Å²) in [5, 5.41) is 0. The van der Waals surface area contributed by atoms with Crippen LogP contribution in [0.2, 0.25) is 0 Å². The minimum Gasteiger partial charge on any atom is -0.490 e. The molecule has 2 aromatic rings. The second kappa shape index (κ2) is 4.99. The molecule has 2 N–H and O–H groups in total. The van der Waals surface area contributed by atoms with E-state index in [0.717, 1.165) is 36.5 Å². The number of nitrogens with zero attached hydrogens (tertiary/aromatic N) is 2. The first-order valence-corrected chi connectivity index (χ1v) is 5.58. The summed E-state index contributed by atoms with van der Waals surface area (Å²) >= 11 is 0. The van der Waals surface area contributed by atoms with Gasteiger partial charge in [-0.05, 0) is 38.4 Å². The zero-order chi connectivity index (χ0) is 11.4. The molecule has 0 atom stereocenters. The van der Waals surface area contributed by atoms with E-state index in [-0.39, 0.29) is 0 Å².